The summed E-state index contributed by atoms with van der Waals surface area (Å²) in [7, 11) is 0. The Balaban J connectivity index is 1.42. The highest BCUT2D eigenvalue weighted by Crippen LogP contribution is 2.63. The van der Waals surface area contributed by atoms with Gasteiger partial charge in [-0.1, -0.05) is 20.3 Å². The monoisotopic (exact) mass is 464 g/mol. The van der Waals surface area contributed by atoms with Crippen molar-refractivity contribution < 1.29 is 19.1 Å². The summed E-state index contributed by atoms with van der Waals surface area (Å²) >= 11 is 0. The maximum Gasteiger partial charge on any atom is 0.338 e. The molecule has 2 saturated carbocycles. The molecule has 6 heteroatoms. The molecule has 0 unspecified atom stereocenters. The SMILES string of the molecule is CCOC(=O)c1ccc(NC(=O)N2C[C@H]3[C@@H]4CCC[C@@]4(C)CC[C@@H]3[C@@]3(C)CCC(=O)C=C23)cc1. The lowest BCUT2D eigenvalue weighted by Gasteiger charge is -2.59. The Hall–Kier alpha value is -2.63. The Morgan fingerprint density at radius 1 is 1.09 bits per heavy atom. The molecule has 0 aromatic heterocycles. The number of hydrogen-bond acceptors (Lipinski definition) is 4. The lowest BCUT2D eigenvalue weighted by Crippen LogP contribution is -2.59. The highest BCUT2D eigenvalue weighted by molar-refractivity contribution is 5.96. The molecular weight excluding hydrogens is 428 g/mol. The van der Waals surface area contributed by atoms with Gasteiger partial charge < -0.3 is 10.1 Å². The van der Waals surface area contributed by atoms with Crippen molar-refractivity contribution in [2.45, 2.75) is 65.7 Å². The standard InChI is InChI=1S/C28H36N2O4/c1-4-34-25(32)18-7-9-19(10-8-18)29-26(33)30-17-21-22-6-5-13-27(22,2)14-12-23(21)28(3)15-11-20(31)16-24(28)30/h7-10,16,21-23H,4-6,11-15,17H2,1-3H3,(H,29,33)/t21-,22-,23-,27-,28+/m0/s1. The molecule has 2 amide bonds. The van der Waals surface area contributed by atoms with E-state index in [4.69, 9.17) is 4.74 Å². The maximum absolute atomic E-state index is 13.6. The van der Waals surface area contributed by atoms with Crippen molar-refractivity contribution in [2.24, 2.45) is 28.6 Å². The molecule has 5 rings (SSSR count). The van der Waals surface area contributed by atoms with Gasteiger partial charge in [-0.25, -0.2) is 9.59 Å². The van der Waals surface area contributed by atoms with Crippen LogP contribution in [0, 0.1) is 28.6 Å². The first-order valence-electron chi connectivity index (χ1n) is 12.9. The molecule has 1 heterocycles. The molecule has 0 bridgehead atoms. The minimum absolute atomic E-state index is 0.115. The number of anilines is 1. The number of fused-ring (bicyclic) bond motifs is 5. The fourth-order valence-electron chi connectivity index (χ4n) is 7.58. The Kier molecular flexibility index (Phi) is 5.81. The molecule has 3 aliphatic carbocycles. The van der Waals surface area contributed by atoms with Crippen LogP contribution in [0.2, 0.25) is 0 Å². The number of hydrogen-bond donors (Lipinski definition) is 1. The van der Waals surface area contributed by atoms with E-state index < -0.39 is 0 Å². The summed E-state index contributed by atoms with van der Waals surface area (Å²) < 4.78 is 5.04. The summed E-state index contributed by atoms with van der Waals surface area (Å²) in [5.41, 5.74) is 2.21. The number of likely N-dealkylation sites (tertiary alicyclic amines) is 1. The normalized spacial score (nSPS) is 34.4. The Bertz CT molecular complexity index is 1030. The largest absolute Gasteiger partial charge is 0.462 e. The summed E-state index contributed by atoms with van der Waals surface area (Å²) in [6.07, 6.45) is 9.39. The van der Waals surface area contributed by atoms with Crippen molar-refractivity contribution in [3.63, 3.8) is 0 Å². The van der Waals surface area contributed by atoms with E-state index in [0.29, 0.717) is 54.0 Å². The Morgan fingerprint density at radius 3 is 2.59 bits per heavy atom. The van der Waals surface area contributed by atoms with Gasteiger partial charge in [0.2, 0.25) is 0 Å². The first-order chi connectivity index (χ1) is 16.2. The van der Waals surface area contributed by atoms with E-state index in [2.05, 4.69) is 19.2 Å². The van der Waals surface area contributed by atoms with Crippen LogP contribution in [0.15, 0.2) is 36.0 Å². The van der Waals surface area contributed by atoms with E-state index in [-0.39, 0.29) is 23.2 Å². The van der Waals surface area contributed by atoms with Gasteiger partial charge in [0, 0.05) is 35.8 Å². The minimum atomic E-state index is -0.374. The van der Waals surface area contributed by atoms with Crippen LogP contribution >= 0.6 is 0 Å². The number of esters is 1. The molecular formula is C28H36N2O4. The Morgan fingerprint density at radius 2 is 1.85 bits per heavy atom. The van der Waals surface area contributed by atoms with Crippen molar-refractivity contribution in [1.82, 2.24) is 4.90 Å². The van der Waals surface area contributed by atoms with Gasteiger partial charge in [0.05, 0.1) is 12.2 Å². The van der Waals surface area contributed by atoms with Gasteiger partial charge in [0.25, 0.3) is 0 Å². The number of nitrogens with one attached hydrogen (secondary N) is 1. The number of piperidine rings is 1. The summed E-state index contributed by atoms with van der Waals surface area (Å²) in [5, 5.41) is 3.02. The molecule has 34 heavy (non-hydrogen) atoms. The molecule has 1 aromatic rings. The van der Waals surface area contributed by atoms with E-state index in [9.17, 15) is 14.4 Å². The van der Waals surface area contributed by atoms with Crippen LogP contribution in [-0.2, 0) is 9.53 Å². The molecule has 0 spiro atoms. The molecule has 182 valence electrons. The number of carbonyl (C=O) groups is 3. The molecule has 5 atom stereocenters. The van der Waals surface area contributed by atoms with Gasteiger partial charge in [0.15, 0.2) is 5.78 Å². The average Bonchev–Trinajstić information content (AvgIpc) is 3.22. The topological polar surface area (TPSA) is 75.7 Å². The zero-order valence-electron chi connectivity index (χ0n) is 20.6. The van der Waals surface area contributed by atoms with E-state index in [1.54, 1.807) is 37.3 Å². The molecule has 1 aromatic carbocycles. The van der Waals surface area contributed by atoms with E-state index >= 15 is 0 Å². The maximum atomic E-state index is 13.6. The van der Waals surface area contributed by atoms with Crippen molar-refractivity contribution >= 4 is 23.5 Å². The van der Waals surface area contributed by atoms with Crippen LogP contribution < -0.4 is 5.32 Å². The summed E-state index contributed by atoms with van der Waals surface area (Å²) in [6.45, 7) is 7.50. The number of carbonyl (C=O) groups excluding carboxylic acids is 3. The molecule has 1 N–H and O–H groups in total. The zero-order valence-corrected chi connectivity index (χ0v) is 20.6. The quantitative estimate of drug-likeness (QED) is 0.574. The molecule has 6 nitrogen and oxygen atoms in total. The summed E-state index contributed by atoms with van der Waals surface area (Å²) in [6, 6.07) is 6.59. The van der Waals surface area contributed by atoms with Crippen LogP contribution in [0.4, 0.5) is 10.5 Å². The van der Waals surface area contributed by atoms with Crippen LogP contribution in [-0.4, -0.2) is 35.8 Å². The fraction of sp³-hybridized carbons (Fsp3) is 0.607. The second-order valence-corrected chi connectivity index (χ2v) is 11.2. The predicted octanol–water partition coefficient (Wildman–Crippen LogP) is 5.80. The molecule has 1 aliphatic heterocycles. The molecule has 4 aliphatic rings. The summed E-state index contributed by atoms with van der Waals surface area (Å²) in [5.74, 6) is 1.37. The van der Waals surface area contributed by atoms with Gasteiger partial charge in [-0.05, 0) is 86.5 Å². The number of rotatable bonds is 3. The average molecular weight is 465 g/mol. The third-order valence-electron chi connectivity index (χ3n) is 9.39. The van der Waals surface area contributed by atoms with Gasteiger partial charge in [-0.15, -0.1) is 0 Å². The molecule has 3 fully saturated rings. The van der Waals surface area contributed by atoms with Gasteiger partial charge in [-0.2, -0.15) is 0 Å². The fourth-order valence-corrected chi connectivity index (χ4v) is 7.58. The van der Waals surface area contributed by atoms with Crippen molar-refractivity contribution in [3.05, 3.63) is 41.6 Å². The smallest absolute Gasteiger partial charge is 0.338 e. The van der Waals surface area contributed by atoms with Crippen LogP contribution in [0.3, 0.4) is 0 Å². The second-order valence-electron chi connectivity index (χ2n) is 11.2. The lowest BCUT2D eigenvalue weighted by molar-refractivity contribution is -0.118. The highest BCUT2D eigenvalue weighted by Gasteiger charge is 2.58. The van der Waals surface area contributed by atoms with Crippen molar-refractivity contribution in [1.29, 1.82) is 0 Å². The van der Waals surface area contributed by atoms with Gasteiger partial charge in [-0.3, -0.25) is 9.69 Å². The van der Waals surface area contributed by atoms with E-state index in [1.165, 1.54) is 32.1 Å². The number of benzene rings is 1. The predicted molar refractivity (Wildman–Crippen MR) is 130 cm³/mol. The highest BCUT2D eigenvalue weighted by atomic mass is 16.5. The number of nitrogens with zero attached hydrogens (tertiary/aromatic N) is 1. The van der Waals surface area contributed by atoms with Crippen LogP contribution in [0.1, 0.15) is 76.1 Å². The zero-order chi connectivity index (χ0) is 24.1. The number of urea groups is 1. The van der Waals surface area contributed by atoms with E-state index in [1.807, 2.05) is 4.90 Å². The lowest BCUT2D eigenvalue weighted by atomic mass is 9.50. The number of ketones is 1. The van der Waals surface area contributed by atoms with Crippen molar-refractivity contribution in [2.75, 3.05) is 18.5 Å². The van der Waals surface area contributed by atoms with Crippen molar-refractivity contribution in [3.8, 4) is 0 Å². The number of ether oxygens (including phenoxy) is 1. The number of allylic oxidation sites excluding steroid dienone is 2. The third kappa shape index (κ3) is 3.75. The first kappa shape index (κ1) is 23.1. The van der Waals surface area contributed by atoms with Gasteiger partial charge in [0.1, 0.15) is 0 Å². The minimum Gasteiger partial charge on any atom is -0.462 e. The van der Waals surface area contributed by atoms with Crippen LogP contribution in [0.5, 0.6) is 0 Å². The first-order valence-corrected chi connectivity index (χ1v) is 12.9. The Labute approximate surface area is 202 Å². The second kappa shape index (κ2) is 8.54. The third-order valence-corrected chi connectivity index (χ3v) is 9.39. The van der Waals surface area contributed by atoms with Crippen LogP contribution in [0.25, 0.3) is 0 Å². The number of amides is 2. The molecule has 1 saturated heterocycles. The molecule has 0 radical (unpaired) electrons. The van der Waals surface area contributed by atoms with E-state index in [0.717, 1.165) is 12.1 Å². The summed E-state index contributed by atoms with van der Waals surface area (Å²) in [4.78, 5) is 39.9. The van der Waals surface area contributed by atoms with Gasteiger partial charge >= 0.3 is 12.0 Å².